The highest BCUT2D eigenvalue weighted by Gasteiger charge is 2.19. The fourth-order valence-electron chi connectivity index (χ4n) is 5.66. The number of anilines is 3. The molecule has 7 rings (SSSR count). The molecule has 0 heterocycles. The van der Waals surface area contributed by atoms with Gasteiger partial charge in [-0.3, -0.25) is 0 Å². The Morgan fingerprint density at radius 3 is 1.71 bits per heavy atom. The number of nitrogens with zero attached hydrogens (tertiary/aromatic N) is 1. The van der Waals surface area contributed by atoms with Crippen molar-refractivity contribution in [2.24, 2.45) is 0 Å². The molecule has 6 aromatic rings. The second-order valence-electron chi connectivity index (χ2n) is 9.81. The lowest BCUT2D eigenvalue weighted by atomic mass is 9.95. The van der Waals surface area contributed by atoms with Crippen LogP contribution in [0.15, 0.2) is 152 Å². The molecule has 6 aromatic carbocycles. The molecule has 1 aliphatic rings. The summed E-state index contributed by atoms with van der Waals surface area (Å²) in [5.74, 6) is 0. The van der Waals surface area contributed by atoms with Crippen LogP contribution in [0.2, 0.25) is 0 Å². The van der Waals surface area contributed by atoms with Crippen molar-refractivity contribution >= 4 is 17.1 Å². The number of hydrogen-bond acceptors (Lipinski definition) is 1. The number of benzene rings is 6. The van der Waals surface area contributed by atoms with Crippen LogP contribution >= 0.6 is 0 Å². The maximum absolute atomic E-state index is 2.37. The maximum atomic E-state index is 2.37. The number of rotatable bonds is 5. The van der Waals surface area contributed by atoms with Gasteiger partial charge in [0.2, 0.25) is 0 Å². The summed E-state index contributed by atoms with van der Waals surface area (Å²) in [6, 6.07) is 54.6. The van der Waals surface area contributed by atoms with Gasteiger partial charge in [0.15, 0.2) is 0 Å². The molecule has 0 spiro atoms. The van der Waals surface area contributed by atoms with E-state index in [4.69, 9.17) is 0 Å². The van der Waals surface area contributed by atoms with Crippen LogP contribution in [0.25, 0.3) is 33.4 Å². The summed E-state index contributed by atoms with van der Waals surface area (Å²) in [4.78, 5) is 2.34. The molecule has 1 nitrogen and oxygen atoms in total. The first-order valence-corrected chi connectivity index (χ1v) is 13.2. The normalized spacial score (nSPS) is 11.6. The summed E-state index contributed by atoms with van der Waals surface area (Å²) in [5, 5.41) is 0. The second kappa shape index (κ2) is 9.53. The Balaban J connectivity index is 1.33. The van der Waals surface area contributed by atoms with E-state index in [1.165, 1.54) is 44.5 Å². The van der Waals surface area contributed by atoms with Crippen molar-refractivity contribution in [2.45, 2.75) is 6.42 Å². The minimum atomic E-state index is 1.02. The average Bonchev–Trinajstić information content (AvgIpc) is 3.37. The largest absolute Gasteiger partial charge is 0.310 e. The van der Waals surface area contributed by atoms with Crippen LogP contribution < -0.4 is 4.90 Å². The van der Waals surface area contributed by atoms with Crippen LogP contribution in [-0.2, 0) is 6.42 Å². The molecule has 0 saturated heterocycles. The van der Waals surface area contributed by atoms with E-state index < -0.39 is 0 Å². The first-order chi connectivity index (χ1) is 18.8. The van der Waals surface area contributed by atoms with Gasteiger partial charge in [-0.05, 0) is 87.8 Å². The molecule has 1 heteroatoms. The highest BCUT2D eigenvalue weighted by Crippen LogP contribution is 2.42. The molecule has 0 bridgehead atoms. The van der Waals surface area contributed by atoms with Crippen molar-refractivity contribution in [3.63, 3.8) is 0 Å². The summed E-state index contributed by atoms with van der Waals surface area (Å²) in [6.07, 6.45) is 1.02. The van der Waals surface area contributed by atoms with Gasteiger partial charge >= 0.3 is 0 Å². The topological polar surface area (TPSA) is 3.24 Å². The third-order valence-electron chi connectivity index (χ3n) is 7.48. The summed E-state index contributed by atoms with van der Waals surface area (Å²) < 4.78 is 0. The maximum Gasteiger partial charge on any atom is 0.0540 e. The monoisotopic (exact) mass is 485 g/mol. The smallest absolute Gasteiger partial charge is 0.0540 e. The predicted molar refractivity (Wildman–Crippen MR) is 160 cm³/mol. The van der Waals surface area contributed by atoms with Gasteiger partial charge in [0, 0.05) is 16.9 Å². The molecule has 0 radical (unpaired) electrons. The zero-order valence-corrected chi connectivity index (χ0v) is 21.1. The van der Waals surface area contributed by atoms with Crippen LogP contribution in [0.5, 0.6) is 0 Å². The highest BCUT2D eigenvalue weighted by molar-refractivity contribution is 5.89. The van der Waals surface area contributed by atoms with E-state index in [9.17, 15) is 0 Å². The Hall–Kier alpha value is -4.88. The third-order valence-corrected chi connectivity index (χ3v) is 7.48. The fraction of sp³-hybridized carbons (Fsp3) is 0.0270. The second-order valence-corrected chi connectivity index (χ2v) is 9.81. The quantitative estimate of drug-likeness (QED) is 0.234. The Labute approximate surface area is 224 Å². The van der Waals surface area contributed by atoms with Gasteiger partial charge in [0.25, 0.3) is 0 Å². The Bertz CT molecular complexity index is 1690. The van der Waals surface area contributed by atoms with E-state index in [1.807, 2.05) is 0 Å². The van der Waals surface area contributed by atoms with E-state index in [0.29, 0.717) is 0 Å². The van der Waals surface area contributed by atoms with E-state index in [-0.39, 0.29) is 0 Å². The van der Waals surface area contributed by atoms with Gasteiger partial charge in [0.1, 0.15) is 0 Å². The van der Waals surface area contributed by atoms with E-state index in [1.54, 1.807) is 0 Å². The molecule has 0 atom stereocenters. The fourth-order valence-corrected chi connectivity index (χ4v) is 5.66. The van der Waals surface area contributed by atoms with E-state index in [0.717, 1.165) is 23.5 Å². The molecule has 0 fully saturated rings. The standard InChI is InChI=1S/C37H27N/c1-3-15-32(16-4-1)38(33-17-5-2-6-18-33)37-21-10-9-20-35(37)30-14-11-13-27(24-30)28-22-23-31-25-29-12-7-8-19-34(29)36(31)26-28/h1-24,26H,25H2. The zero-order chi connectivity index (χ0) is 25.3. The molecule has 0 unspecified atom stereocenters. The van der Waals surface area contributed by atoms with Gasteiger partial charge in [-0.15, -0.1) is 0 Å². The lowest BCUT2D eigenvalue weighted by Gasteiger charge is -2.27. The molecular formula is C37H27N. The van der Waals surface area contributed by atoms with Crippen LogP contribution in [0.3, 0.4) is 0 Å². The minimum absolute atomic E-state index is 1.02. The van der Waals surface area contributed by atoms with Crippen molar-refractivity contribution < 1.29 is 0 Å². The van der Waals surface area contributed by atoms with Crippen LogP contribution in [0.1, 0.15) is 11.1 Å². The zero-order valence-electron chi connectivity index (χ0n) is 21.1. The Morgan fingerprint density at radius 1 is 0.368 bits per heavy atom. The predicted octanol–water partition coefficient (Wildman–Crippen LogP) is 10.1. The van der Waals surface area contributed by atoms with Crippen molar-refractivity contribution in [3.05, 3.63) is 163 Å². The van der Waals surface area contributed by atoms with Crippen molar-refractivity contribution in [2.75, 3.05) is 4.90 Å². The van der Waals surface area contributed by atoms with Crippen molar-refractivity contribution in [3.8, 4) is 33.4 Å². The molecule has 0 aromatic heterocycles. The first kappa shape index (κ1) is 22.3. The molecule has 0 aliphatic heterocycles. The van der Waals surface area contributed by atoms with Gasteiger partial charge in [-0.1, -0.05) is 109 Å². The van der Waals surface area contributed by atoms with E-state index >= 15 is 0 Å². The summed E-state index contributed by atoms with van der Waals surface area (Å²) >= 11 is 0. The van der Waals surface area contributed by atoms with Gasteiger partial charge in [-0.25, -0.2) is 0 Å². The first-order valence-electron chi connectivity index (χ1n) is 13.2. The SMILES string of the molecule is c1ccc(N(c2ccccc2)c2ccccc2-c2cccc(-c3ccc4c(c3)-c3ccccc3C4)c2)cc1. The third kappa shape index (κ3) is 3.99. The van der Waals surface area contributed by atoms with Crippen LogP contribution in [-0.4, -0.2) is 0 Å². The minimum Gasteiger partial charge on any atom is -0.310 e. The number of hydrogen-bond donors (Lipinski definition) is 0. The van der Waals surface area contributed by atoms with Gasteiger partial charge < -0.3 is 4.90 Å². The number of fused-ring (bicyclic) bond motifs is 3. The van der Waals surface area contributed by atoms with Crippen molar-refractivity contribution in [1.29, 1.82) is 0 Å². The molecule has 180 valence electrons. The number of para-hydroxylation sites is 3. The molecule has 0 N–H and O–H groups in total. The molecule has 1 aliphatic carbocycles. The van der Waals surface area contributed by atoms with Gasteiger partial charge in [-0.2, -0.15) is 0 Å². The molecule has 0 saturated carbocycles. The average molecular weight is 486 g/mol. The molecule has 38 heavy (non-hydrogen) atoms. The molecule has 0 amide bonds. The van der Waals surface area contributed by atoms with Crippen molar-refractivity contribution in [1.82, 2.24) is 0 Å². The summed E-state index contributed by atoms with van der Waals surface area (Å²) in [6.45, 7) is 0. The van der Waals surface area contributed by atoms with Crippen LogP contribution in [0.4, 0.5) is 17.1 Å². The summed E-state index contributed by atoms with van der Waals surface area (Å²) in [7, 11) is 0. The lowest BCUT2D eigenvalue weighted by Crippen LogP contribution is -2.10. The van der Waals surface area contributed by atoms with Gasteiger partial charge in [0.05, 0.1) is 5.69 Å². The Morgan fingerprint density at radius 2 is 0.947 bits per heavy atom. The highest BCUT2D eigenvalue weighted by atomic mass is 15.1. The lowest BCUT2D eigenvalue weighted by molar-refractivity contribution is 1.26. The Kier molecular flexibility index (Phi) is 5.60. The summed E-state index contributed by atoms with van der Waals surface area (Å²) in [5.41, 5.74) is 13.9. The molecular weight excluding hydrogens is 458 g/mol. The van der Waals surface area contributed by atoms with Crippen LogP contribution in [0, 0.1) is 0 Å². The van der Waals surface area contributed by atoms with E-state index in [2.05, 4.69) is 157 Å².